The number of hydrogen-bond acceptors (Lipinski definition) is 6. The second kappa shape index (κ2) is 52.4. The normalized spacial score (nSPS) is 14.5. The van der Waals surface area contributed by atoms with Crippen LogP contribution >= 0.6 is 7.82 Å². The lowest BCUT2D eigenvalue weighted by Gasteiger charge is -2.27. The summed E-state index contributed by atoms with van der Waals surface area (Å²) in [6, 6.07) is -0.887. The van der Waals surface area contributed by atoms with Crippen LogP contribution in [0.2, 0.25) is 0 Å². The van der Waals surface area contributed by atoms with Crippen molar-refractivity contribution in [3.8, 4) is 0 Å². The number of unbranched alkanes of at least 4 members (excludes halogenated alkanes) is 22. The molecule has 73 heavy (non-hydrogen) atoms. The number of likely N-dealkylation sites (N-methyl/N-ethyl adjacent to an activating group) is 1. The Bertz CT molecular complexity index is 1570. The van der Waals surface area contributed by atoms with Crippen LogP contribution < -0.4 is 5.32 Å². The minimum Gasteiger partial charge on any atom is -0.456 e. The number of nitrogens with zero attached hydrogens (tertiary/aromatic N) is 1. The fraction of sp³-hybridized carbons (Fsp3) is 0.714. The van der Waals surface area contributed by atoms with Gasteiger partial charge in [0.25, 0.3) is 0 Å². The molecule has 2 N–H and O–H groups in total. The van der Waals surface area contributed by atoms with E-state index in [9.17, 15) is 19.0 Å². The first-order valence-electron chi connectivity index (χ1n) is 29.6. The van der Waals surface area contributed by atoms with E-state index in [2.05, 4.69) is 111 Å². The highest BCUT2D eigenvalue weighted by Gasteiger charge is 2.30. The molecule has 0 aromatic rings. The highest BCUT2D eigenvalue weighted by Crippen LogP contribution is 2.43. The number of amides is 1. The molecule has 420 valence electrons. The van der Waals surface area contributed by atoms with E-state index in [0.717, 1.165) is 83.5 Å². The maximum Gasteiger partial charge on any atom is 0.472 e. The molecule has 0 saturated heterocycles. The number of phosphoric ester groups is 1. The predicted molar refractivity (Wildman–Crippen MR) is 314 cm³/mol. The van der Waals surface area contributed by atoms with E-state index in [-0.39, 0.29) is 31.5 Å². The third kappa shape index (κ3) is 53.6. The lowest BCUT2D eigenvalue weighted by molar-refractivity contribution is -0.870. The Morgan fingerprint density at radius 3 is 1.30 bits per heavy atom. The van der Waals surface area contributed by atoms with E-state index in [0.29, 0.717) is 30.3 Å². The number of hydrogen-bond donors (Lipinski definition) is 2. The van der Waals surface area contributed by atoms with Gasteiger partial charge in [0.15, 0.2) is 0 Å². The zero-order chi connectivity index (χ0) is 53.6. The van der Waals surface area contributed by atoms with Gasteiger partial charge in [-0.2, -0.15) is 0 Å². The van der Waals surface area contributed by atoms with Gasteiger partial charge in [-0.25, -0.2) is 4.57 Å². The average molecular weight is 1040 g/mol. The first kappa shape index (κ1) is 69.9. The number of esters is 1. The van der Waals surface area contributed by atoms with Gasteiger partial charge in [0.1, 0.15) is 19.3 Å². The topological polar surface area (TPSA) is 111 Å². The van der Waals surface area contributed by atoms with Gasteiger partial charge >= 0.3 is 13.8 Å². The molecule has 0 aromatic heterocycles. The van der Waals surface area contributed by atoms with Gasteiger partial charge in [0, 0.05) is 12.8 Å². The molecule has 1 amide bonds. The summed E-state index contributed by atoms with van der Waals surface area (Å²) < 4.78 is 30.6. The van der Waals surface area contributed by atoms with E-state index in [4.69, 9.17) is 13.8 Å². The summed E-state index contributed by atoms with van der Waals surface area (Å²) >= 11 is 0. The van der Waals surface area contributed by atoms with Crippen LogP contribution in [0, 0.1) is 0 Å². The molecule has 0 fully saturated rings. The van der Waals surface area contributed by atoms with Crippen molar-refractivity contribution in [1.29, 1.82) is 0 Å². The Kier molecular flexibility index (Phi) is 50.2. The van der Waals surface area contributed by atoms with Crippen molar-refractivity contribution in [2.45, 2.75) is 251 Å². The zero-order valence-corrected chi connectivity index (χ0v) is 48.7. The number of ether oxygens (including phenoxy) is 1. The molecule has 0 aliphatic carbocycles. The minimum absolute atomic E-state index is 0.0228. The minimum atomic E-state index is -4.47. The molecular weight excluding hydrogens is 928 g/mol. The van der Waals surface area contributed by atoms with Gasteiger partial charge in [-0.05, 0) is 109 Å². The van der Waals surface area contributed by atoms with Gasteiger partial charge in [0.2, 0.25) is 5.91 Å². The SMILES string of the molecule is CCCCC/C=C\C/C=C\C/C=C\C/C=C\CCCC(=O)OC(/C=C/CCCCCCCCCCCCC)C(COP(=O)(O)OCC[N+](C)(C)C)NC(=O)CCCCCC/C=C\C/C=C\C/C=C\CCCCC. The van der Waals surface area contributed by atoms with Gasteiger partial charge in [-0.1, -0.05) is 215 Å². The predicted octanol–water partition coefficient (Wildman–Crippen LogP) is 18.0. The van der Waals surface area contributed by atoms with Crippen LogP contribution in [-0.4, -0.2) is 74.3 Å². The zero-order valence-electron chi connectivity index (χ0n) is 47.8. The molecule has 9 nitrogen and oxygen atoms in total. The van der Waals surface area contributed by atoms with Gasteiger partial charge in [-0.15, -0.1) is 0 Å². The van der Waals surface area contributed by atoms with Crippen molar-refractivity contribution in [2.24, 2.45) is 0 Å². The highest BCUT2D eigenvalue weighted by atomic mass is 31.2. The quantitative estimate of drug-likeness (QED) is 0.0205. The molecule has 0 aromatic carbocycles. The largest absolute Gasteiger partial charge is 0.472 e. The van der Waals surface area contributed by atoms with E-state index in [1.54, 1.807) is 0 Å². The van der Waals surface area contributed by atoms with E-state index in [1.807, 2.05) is 33.3 Å². The number of nitrogens with one attached hydrogen (secondary N) is 1. The Labute approximate surface area is 449 Å². The van der Waals surface area contributed by atoms with Crippen LogP contribution in [0.4, 0.5) is 0 Å². The first-order valence-corrected chi connectivity index (χ1v) is 31.1. The summed E-state index contributed by atoms with van der Waals surface area (Å²) in [5.41, 5.74) is 0. The summed E-state index contributed by atoms with van der Waals surface area (Å²) in [7, 11) is 1.44. The highest BCUT2D eigenvalue weighted by molar-refractivity contribution is 7.47. The summed E-state index contributed by atoms with van der Waals surface area (Å²) in [5, 5.41) is 3.02. The maximum absolute atomic E-state index is 13.5. The molecule has 0 saturated carbocycles. The van der Waals surface area contributed by atoms with Crippen LogP contribution in [0.5, 0.6) is 0 Å². The summed E-state index contributed by atoms with van der Waals surface area (Å²) in [6.45, 7) is 6.89. The maximum atomic E-state index is 13.5. The number of allylic oxidation sites excluding steroid dienone is 15. The second-order valence-corrected chi connectivity index (χ2v) is 22.3. The number of carbonyl (C=O) groups is 2. The molecule has 0 heterocycles. The molecule has 10 heteroatoms. The van der Waals surface area contributed by atoms with Crippen LogP contribution in [0.1, 0.15) is 239 Å². The van der Waals surface area contributed by atoms with Gasteiger partial charge in [-0.3, -0.25) is 18.6 Å². The molecule has 0 bridgehead atoms. The molecule has 0 aliphatic heterocycles. The Morgan fingerprint density at radius 2 is 0.849 bits per heavy atom. The molecule has 3 atom stereocenters. The monoisotopic (exact) mass is 1040 g/mol. The molecule has 3 unspecified atom stereocenters. The van der Waals surface area contributed by atoms with Crippen LogP contribution in [0.15, 0.2) is 97.2 Å². The molecule has 0 spiro atoms. The van der Waals surface area contributed by atoms with Crippen molar-refractivity contribution in [1.82, 2.24) is 5.32 Å². The molecule has 0 aliphatic rings. The summed E-state index contributed by atoms with van der Waals surface area (Å²) in [5.74, 6) is -0.601. The fourth-order valence-corrected chi connectivity index (χ4v) is 8.61. The average Bonchev–Trinajstić information content (AvgIpc) is 3.35. The lowest BCUT2D eigenvalue weighted by atomic mass is 10.0. The third-order valence-electron chi connectivity index (χ3n) is 12.5. The van der Waals surface area contributed by atoms with Gasteiger partial charge < -0.3 is 19.4 Å². The third-order valence-corrected chi connectivity index (χ3v) is 13.5. The van der Waals surface area contributed by atoms with Crippen molar-refractivity contribution in [3.63, 3.8) is 0 Å². The van der Waals surface area contributed by atoms with Gasteiger partial charge in [0.05, 0.1) is 33.8 Å². The van der Waals surface area contributed by atoms with Crippen molar-refractivity contribution >= 4 is 19.7 Å². The van der Waals surface area contributed by atoms with Crippen molar-refractivity contribution in [2.75, 3.05) is 40.9 Å². The number of quaternary nitrogens is 1. The first-order chi connectivity index (χ1) is 35.4. The smallest absolute Gasteiger partial charge is 0.456 e. The molecule has 0 rings (SSSR count). The van der Waals surface area contributed by atoms with Crippen molar-refractivity contribution in [3.05, 3.63) is 97.2 Å². The Morgan fingerprint density at radius 1 is 0.479 bits per heavy atom. The number of rotatable bonds is 52. The summed E-state index contributed by atoms with van der Waals surface area (Å²) in [4.78, 5) is 37.6. The second-order valence-electron chi connectivity index (χ2n) is 20.8. The van der Waals surface area contributed by atoms with Crippen LogP contribution in [0.25, 0.3) is 0 Å². The molecule has 0 radical (unpaired) electrons. The Balaban J connectivity index is 5.50. The van der Waals surface area contributed by atoms with Crippen LogP contribution in [0.3, 0.4) is 0 Å². The van der Waals surface area contributed by atoms with E-state index >= 15 is 0 Å². The van der Waals surface area contributed by atoms with E-state index < -0.39 is 20.0 Å². The standard InChI is InChI=1S/C63H111N2O7P/c1-7-10-13-16-19-22-25-28-30-32-34-37-40-43-46-49-52-55-62(66)64-60(59-71-73(68,69)70-58-57-65(4,5)6)61(54-51-48-45-42-39-36-27-24-21-18-15-12-9-3)72-63(67)56-53-50-47-44-41-38-35-33-31-29-26-23-20-17-14-11-8-2/h19-20,22-23,28-31,34-35,37-38,44,47,51,54,60-61H,7-18,21,24-27,32-33,36,39-43,45-46,48-50,52-53,55-59H2,1-6H3,(H-,64,66,68,69)/p+1/b22-19-,23-20-,30-28-,31-29-,37-34-,38-35-,47-44-,54-51+. The fourth-order valence-electron chi connectivity index (χ4n) is 7.88. The lowest BCUT2D eigenvalue weighted by Crippen LogP contribution is -2.47. The van der Waals surface area contributed by atoms with E-state index in [1.165, 1.54) is 109 Å². The number of phosphoric acid groups is 1. The van der Waals surface area contributed by atoms with Crippen LogP contribution in [-0.2, 0) is 27.9 Å². The molecular formula is C63H112N2O7P+. The Hall–Kier alpha value is -3.07. The van der Waals surface area contributed by atoms with Crippen molar-refractivity contribution < 1.29 is 37.3 Å². The number of carbonyl (C=O) groups excluding carboxylic acids is 2. The summed E-state index contributed by atoms with van der Waals surface area (Å²) in [6.07, 6.45) is 69.8.